The fourth-order valence-corrected chi connectivity index (χ4v) is 2.39. The van der Waals surface area contributed by atoms with Crippen LogP contribution in [-0.2, 0) is 6.18 Å². The second-order valence-corrected chi connectivity index (χ2v) is 5.62. The van der Waals surface area contributed by atoms with E-state index in [-0.39, 0.29) is 20.7 Å². The molecule has 2 aromatic rings. The van der Waals surface area contributed by atoms with Crippen LogP contribution in [0.25, 0.3) is 0 Å². The Morgan fingerprint density at radius 1 is 1.30 bits per heavy atom. The molecule has 1 heterocycles. The molecule has 2 rings (SSSR count). The third-order valence-corrected chi connectivity index (χ3v) is 3.66. The zero-order chi connectivity index (χ0) is 17.4. The molecule has 0 bridgehead atoms. The van der Waals surface area contributed by atoms with E-state index in [4.69, 9.17) is 17.3 Å². The largest absolute Gasteiger partial charge is 0.420 e. The number of nitrogens with two attached hydrogens (primary N) is 1. The third kappa shape index (κ3) is 3.91. The van der Waals surface area contributed by atoms with Crippen LogP contribution < -0.4 is 11.1 Å². The van der Waals surface area contributed by atoms with E-state index >= 15 is 0 Å². The van der Waals surface area contributed by atoms with Gasteiger partial charge in [0.05, 0.1) is 32.5 Å². The van der Waals surface area contributed by atoms with Gasteiger partial charge in [-0.1, -0.05) is 11.6 Å². The lowest BCUT2D eigenvalue weighted by molar-refractivity contribution is -0.137. The van der Waals surface area contributed by atoms with E-state index in [1.165, 1.54) is 0 Å². The lowest BCUT2D eigenvalue weighted by atomic mass is 10.2. The maximum absolute atomic E-state index is 13.5. The number of carbonyl (C=O) groups is 1. The van der Waals surface area contributed by atoms with E-state index in [2.05, 4.69) is 26.2 Å². The Kier molecular flexibility index (Phi) is 4.81. The van der Waals surface area contributed by atoms with Crippen LogP contribution in [0.3, 0.4) is 0 Å². The van der Waals surface area contributed by atoms with Crippen molar-refractivity contribution in [3.63, 3.8) is 0 Å². The number of hydrogen-bond donors (Lipinski definition) is 2. The molecule has 3 N–H and O–H groups in total. The summed E-state index contributed by atoms with van der Waals surface area (Å²) in [5, 5.41) is 2.09. The summed E-state index contributed by atoms with van der Waals surface area (Å²) in [5.41, 5.74) is 3.48. The molecule has 0 aliphatic heterocycles. The first kappa shape index (κ1) is 17.5. The predicted molar refractivity (Wildman–Crippen MR) is 80.7 cm³/mol. The zero-order valence-corrected chi connectivity index (χ0v) is 13.4. The van der Waals surface area contributed by atoms with Gasteiger partial charge in [-0.2, -0.15) is 13.2 Å². The maximum atomic E-state index is 13.5. The molecule has 0 fully saturated rings. The monoisotopic (exact) mass is 411 g/mol. The van der Waals surface area contributed by atoms with Crippen LogP contribution in [0.2, 0.25) is 5.02 Å². The number of hydrogen-bond acceptors (Lipinski definition) is 3. The molecule has 1 aromatic heterocycles. The van der Waals surface area contributed by atoms with Crippen molar-refractivity contribution in [1.29, 1.82) is 0 Å². The van der Waals surface area contributed by atoms with E-state index in [9.17, 15) is 22.4 Å². The van der Waals surface area contributed by atoms with Crippen molar-refractivity contribution in [2.75, 3.05) is 11.1 Å². The van der Waals surface area contributed by atoms with Gasteiger partial charge in [-0.25, -0.2) is 9.37 Å². The summed E-state index contributed by atoms with van der Waals surface area (Å²) in [6.07, 6.45) is -3.77. The van der Waals surface area contributed by atoms with Crippen LogP contribution in [0.1, 0.15) is 15.9 Å². The Balaban J connectivity index is 2.33. The normalized spacial score (nSPS) is 11.4. The van der Waals surface area contributed by atoms with Crippen molar-refractivity contribution >= 4 is 44.9 Å². The molecule has 0 atom stereocenters. The first-order valence-corrected chi connectivity index (χ1v) is 7.05. The van der Waals surface area contributed by atoms with Crippen LogP contribution in [0, 0.1) is 5.82 Å². The average Bonchev–Trinajstić information content (AvgIpc) is 2.43. The van der Waals surface area contributed by atoms with Gasteiger partial charge < -0.3 is 11.1 Å². The summed E-state index contributed by atoms with van der Waals surface area (Å²) in [6, 6.07) is 2.65. The van der Waals surface area contributed by atoms with Crippen LogP contribution in [0.5, 0.6) is 0 Å². The van der Waals surface area contributed by atoms with Gasteiger partial charge >= 0.3 is 6.18 Å². The second kappa shape index (κ2) is 6.32. The SMILES string of the molecule is Nc1ncc(NC(=O)c2cc(F)c(Br)cc2Cl)cc1C(F)(F)F. The van der Waals surface area contributed by atoms with Crippen LogP contribution in [-0.4, -0.2) is 10.9 Å². The van der Waals surface area contributed by atoms with Gasteiger partial charge in [-0.05, 0) is 34.1 Å². The number of anilines is 2. The summed E-state index contributed by atoms with van der Waals surface area (Å²) in [5.74, 6) is -2.35. The minimum Gasteiger partial charge on any atom is -0.383 e. The second-order valence-electron chi connectivity index (χ2n) is 4.35. The van der Waals surface area contributed by atoms with Crippen molar-refractivity contribution in [3.05, 3.63) is 50.8 Å². The van der Waals surface area contributed by atoms with Crippen LogP contribution in [0.15, 0.2) is 28.9 Å². The van der Waals surface area contributed by atoms with Crippen molar-refractivity contribution < 1.29 is 22.4 Å². The Labute approximate surface area is 140 Å². The number of carbonyl (C=O) groups excluding carboxylic acids is 1. The number of pyridine rings is 1. The fourth-order valence-electron chi connectivity index (χ4n) is 1.67. The van der Waals surface area contributed by atoms with Crippen LogP contribution in [0.4, 0.5) is 29.1 Å². The lowest BCUT2D eigenvalue weighted by Gasteiger charge is -2.12. The topological polar surface area (TPSA) is 68.0 Å². The van der Waals surface area contributed by atoms with Gasteiger partial charge in [0.1, 0.15) is 11.6 Å². The molecule has 0 aliphatic carbocycles. The summed E-state index contributed by atoms with van der Waals surface area (Å²) in [4.78, 5) is 15.4. The highest BCUT2D eigenvalue weighted by Gasteiger charge is 2.34. The number of aromatic nitrogens is 1. The van der Waals surface area contributed by atoms with E-state index in [1.54, 1.807) is 0 Å². The third-order valence-electron chi connectivity index (χ3n) is 2.74. The van der Waals surface area contributed by atoms with Gasteiger partial charge in [0.25, 0.3) is 5.91 Å². The minimum absolute atomic E-state index is 0.0487. The number of halogens is 6. The molecule has 0 aliphatic rings. The van der Waals surface area contributed by atoms with Gasteiger partial charge in [0, 0.05) is 0 Å². The first-order chi connectivity index (χ1) is 10.6. The number of alkyl halides is 3. The molecule has 4 nitrogen and oxygen atoms in total. The standard InChI is InChI=1S/C13H7BrClF4N3O/c14-8-3-9(15)6(2-10(8)16)12(23)22-5-1-7(13(17,18)19)11(20)21-4-5/h1-4H,(H2,20,21)(H,22,23). The van der Waals surface area contributed by atoms with Crippen molar-refractivity contribution in [2.24, 2.45) is 0 Å². The Hall–Kier alpha value is -1.87. The van der Waals surface area contributed by atoms with Gasteiger partial charge in [0.15, 0.2) is 0 Å². The summed E-state index contributed by atoms with van der Waals surface area (Å²) >= 11 is 8.71. The molecule has 23 heavy (non-hydrogen) atoms. The minimum atomic E-state index is -4.72. The highest BCUT2D eigenvalue weighted by atomic mass is 79.9. The van der Waals surface area contributed by atoms with Gasteiger partial charge in [0.2, 0.25) is 0 Å². The Morgan fingerprint density at radius 3 is 2.57 bits per heavy atom. The number of rotatable bonds is 2. The molecule has 0 spiro atoms. The quantitative estimate of drug-likeness (QED) is 0.564. The molecule has 0 radical (unpaired) electrons. The summed E-state index contributed by atoms with van der Waals surface area (Å²) in [6.45, 7) is 0. The van der Waals surface area contributed by atoms with Gasteiger partial charge in [-0.3, -0.25) is 4.79 Å². The number of nitrogens with zero attached hydrogens (tertiary/aromatic N) is 1. The van der Waals surface area contributed by atoms with E-state index < -0.39 is 29.3 Å². The Morgan fingerprint density at radius 2 is 1.96 bits per heavy atom. The zero-order valence-electron chi connectivity index (χ0n) is 11.0. The highest BCUT2D eigenvalue weighted by Crippen LogP contribution is 2.34. The number of nitrogens with one attached hydrogen (secondary N) is 1. The van der Waals surface area contributed by atoms with Crippen molar-refractivity contribution in [2.45, 2.75) is 6.18 Å². The molecule has 10 heteroatoms. The fraction of sp³-hybridized carbons (Fsp3) is 0.0769. The van der Waals surface area contributed by atoms with Gasteiger partial charge in [-0.15, -0.1) is 0 Å². The molecular weight excluding hydrogens is 406 g/mol. The summed E-state index contributed by atoms with van der Waals surface area (Å²) in [7, 11) is 0. The Bertz CT molecular complexity index is 783. The number of nitrogen functional groups attached to an aromatic ring is 1. The molecule has 0 saturated heterocycles. The lowest BCUT2D eigenvalue weighted by Crippen LogP contribution is -2.16. The number of benzene rings is 1. The molecule has 0 saturated carbocycles. The first-order valence-electron chi connectivity index (χ1n) is 5.88. The maximum Gasteiger partial charge on any atom is 0.420 e. The summed E-state index contributed by atoms with van der Waals surface area (Å²) < 4.78 is 51.7. The molecule has 1 aromatic carbocycles. The predicted octanol–water partition coefficient (Wildman–Crippen LogP) is 4.49. The average molecular weight is 413 g/mol. The number of amides is 1. The van der Waals surface area contributed by atoms with Crippen LogP contribution >= 0.6 is 27.5 Å². The molecule has 122 valence electrons. The van der Waals surface area contributed by atoms with E-state index in [0.717, 1.165) is 18.3 Å². The smallest absolute Gasteiger partial charge is 0.383 e. The highest BCUT2D eigenvalue weighted by molar-refractivity contribution is 9.10. The van der Waals surface area contributed by atoms with Crippen molar-refractivity contribution in [1.82, 2.24) is 4.98 Å². The molecule has 1 amide bonds. The van der Waals surface area contributed by atoms with E-state index in [0.29, 0.717) is 6.07 Å². The van der Waals surface area contributed by atoms with Crippen molar-refractivity contribution in [3.8, 4) is 0 Å². The van der Waals surface area contributed by atoms with E-state index in [1.807, 2.05) is 0 Å². The molecular formula is C13H7BrClF4N3O. The molecule has 0 unspecified atom stereocenters.